The van der Waals surface area contributed by atoms with Crippen LogP contribution < -0.4 is 15.5 Å². The Morgan fingerprint density at radius 3 is 2.33 bits per heavy atom. The lowest BCUT2D eigenvalue weighted by Gasteiger charge is -2.29. The van der Waals surface area contributed by atoms with Gasteiger partial charge in [0.25, 0.3) is 5.91 Å². The SMILES string of the molecule is CCNCCN(C(=O)CNCC(=O)N(C)N1C[C@H]2CCCC[C@H]2C1)c1cc(-c2noc(C)n2)ccc1C.Cl.Cl. The zero-order valence-corrected chi connectivity index (χ0v) is 25.1. The molecule has 2 fully saturated rings. The summed E-state index contributed by atoms with van der Waals surface area (Å²) in [6.07, 6.45) is 5.15. The minimum absolute atomic E-state index is 0. The van der Waals surface area contributed by atoms with E-state index in [1.165, 1.54) is 25.7 Å². The number of likely N-dealkylation sites (N-methyl/N-ethyl adjacent to an activating group) is 2. The summed E-state index contributed by atoms with van der Waals surface area (Å²) >= 11 is 0. The Morgan fingerprint density at radius 1 is 1.05 bits per heavy atom. The lowest BCUT2D eigenvalue weighted by atomic mass is 9.82. The lowest BCUT2D eigenvalue weighted by Crippen LogP contribution is -2.48. The molecule has 0 radical (unpaired) electrons. The van der Waals surface area contributed by atoms with Gasteiger partial charge in [-0.1, -0.05) is 37.1 Å². The van der Waals surface area contributed by atoms with Gasteiger partial charge in [0, 0.05) is 51.4 Å². The predicted octanol–water partition coefficient (Wildman–Crippen LogP) is 3.22. The molecule has 2 amide bonds. The first-order valence-corrected chi connectivity index (χ1v) is 13.5. The smallest absolute Gasteiger partial charge is 0.250 e. The number of anilines is 1. The second-order valence-corrected chi connectivity index (χ2v) is 10.2. The van der Waals surface area contributed by atoms with E-state index in [-0.39, 0.29) is 49.7 Å². The van der Waals surface area contributed by atoms with E-state index in [1.54, 1.807) is 16.8 Å². The van der Waals surface area contributed by atoms with Crippen molar-refractivity contribution in [2.24, 2.45) is 11.8 Å². The maximum Gasteiger partial charge on any atom is 0.250 e. The van der Waals surface area contributed by atoms with Crippen LogP contribution in [0.5, 0.6) is 0 Å². The molecule has 2 N–H and O–H groups in total. The number of aromatic nitrogens is 2. The quantitative estimate of drug-likeness (QED) is 0.388. The Morgan fingerprint density at radius 2 is 1.72 bits per heavy atom. The highest BCUT2D eigenvalue weighted by molar-refractivity contribution is 5.96. The first kappa shape index (κ1) is 33.0. The van der Waals surface area contributed by atoms with Gasteiger partial charge in [0.15, 0.2) is 0 Å². The summed E-state index contributed by atoms with van der Waals surface area (Å²) in [6.45, 7) is 9.86. The van der Waals surface area contributed by atoms with E-state index in [2.05, 4.69) is 25.8 Å². The number of carbonyl (C=O) groups excluding carboxylic acids is 2. The van der Waals surface area contributed by atoms with Gasteiger partial charge in [0.1, 0.15) is 0 Å². The molecule has 2 aliphatic rings. The second kappa shape index (κ2) is 15.5. The summed E-state index contributed by atoms with van der Waals surface area (Å²) < 4.78 is 5.13. The number of nitrogens with zero attached hydrogens (tertiary/aromatic N) is 5. The highest BCUT2D eigenvalue weighted by Gasteiger charge is 2.36. The van der Waals surface area contributed by atoms with Crippen molar-refractivity contribution in [1.29, 1.82) is 0 Å². The van der Waals surface area contributed by atoms with Gasteiger partial charge >= 0.3 is 0 Å². The average Bonchev–Trinajstić information content (AvgIpc) is 3.53. The summed E-state index contributed by atoms with van der Waals surface area (Å²) in [5.41, 5.74) is 2.56. The molecular weight excluding hydrogens is 541 g/mol. The number of hydrogen-bond donors (Lipinski definition) is 2. The summed E-state index contributed by atoms with van der Waals surface area (Å²) in [7, 11) is 1.85. The van der Waals surface area contributed by atoms with E-state index in [9.17, 15) is 9.59 Å². The molecule has 12 heteroatoms. The van der Waals surface area contributed by atoms with Crippen LogP contribution in [0.1, 0.15) is 44.1 Å². The van der Waals surface area contributed by atoms with Crippen LogP contribution in [0.4, 0.5) is 5.69 Å². The third-order valence-corrected chi connectivity index (χ3v) is 7.64. The molecule has 2 atom stereocenters. The van der Waals surface area contributed by atoms with Gasteiger partial charge in [-0.25, -0.2) is 5.01 Å². The number of nitrogens with one attached hydrogen (secondary N) is 2. The standard InChI is InChI=1S/C27H41N7O3.2ClH/c1-5-28-12-13-34(24-14-21(11-10-19(24)2)27-30-20(3)37-31-27)26(36)16-29-15-25(35)32(4)33-17-22-8-6-7-9-23(22)18-33;;/h10-11,14,22-23,28-29H,5-9,12-13,15-18H2,1-4H3;2*1H/t22-,23+;;. The van der Waals surface area contributed by atoms with Crippen molar-refractivity contribution < 1.29 is 14.1 Å². The number of aryl methyl sites for hydroxylation is 2. The van der Waals surface area contributed by atoms with Crippen molar-refractivity contribution in [3.05, 3.63) is 29.7 Å². The largest absolute Gasteiger partial charge is 0.339 e. The van der Waals surface area contributed by atoms with E-state index >= 15 is 0 Å². The van der Waals surface area contributed by atoms with Crippen molar-refractivity contribution in [2.45, 2.75) is 46.5 Å². The average molecular weight is 585 g/mol. The van der Waals surface area contributed by atoms with Crippen LogP contribution >= 0.6 is 24.8 Å². The van der Waals surface area contributed by atoms with Gasteiger partial charge in [0.2, 0.25) is 17.6 Å². The molecule has 1 saturated heterocycles. The van der Waals surface area contributed by atoms with Gasteiger partial charge in [-0.2, -0.15) is 4.98 Å². The van der Waals surface area contributed by atoms with Crippen molar-refractivity contribution in [2.75, 3.05) is 57.8 Å². The van der Waals surface area contributed by atoms with E-state index in [4.69, 9.17) is 4.52 Å². The first-order valence-electron chi connectivity index (χ1n) is 13.5. The van der Waals surface area contributed by atoms with Crippen molar-refractivity contribution in [3.8, 4) is 11.4 Å². The number of hydrazine groups is 1. The summed E-state index contributed by atoms with van der Waals surface area (Å²) in [5, 5.41) is 14.3. The maximum absolute atomic E-state index is 13.4. The molecule has 1 aromatic carbocycles. The lowest BCUT2D eigenvalue weighted by molar-refractivity contribution is -0.143. The number of halogens is 2. The number of amides is 2. The topological polar surface area (TPSA) is 107 Å². The third kappa shape index (κ3) is 8.38. The fourth-order valence-corrected chi connectivity index (χ4v) is 5.47. The Kier molecular flexibility index (Phi) is 13.1. The highest BCUT2D eigenvalue weighted by atomic mass is 35.5. The zero-order valence-electron chi connectivity index (χ0n) is 23.4. The molecular formula is C27H43Cl2N7O3. The van der Waals surface area contributed by atoms with Crippen LogP contribution in [0.2, 0.25) is 0 Å². The van der Waals surface area contributed by atoms with Gasteiger partial charge in [0.05, 0.1) is 13.1 Å². The van der Waals surface area contributed by atoms with E-state index in [0.29, 0.717) is 36.6 Å². The minimum atomic E-state index is -0.0925. The number of rotatable bonds is 11. The van der Waals surface area contributed by atoms with Crippen LogP contribution in [-0.4, -0.2) is 84.8 Å². The van der Waals surface area contributed by atoms with Crippen LogP contribution in [0.25, 0.3) is 11.4 Å². The Hall–Kier alpha value is -2.24. The van der Waals surface area contributed by atoms with E-state index in [1.807, 2.05) is 39.1 Å². The number of carbonyl (C=O) groups is 2. The molecule has 0 spiro atoms. The van der Waals surface area contributed by atoms with Crippen LogP contribution in [0, 0.1) is 25.7 Å². The molecule has 1 aliphatic heterocycles. The second-order valence-electron chi connectivity index (χ2n) is 10.2. The molecule has 4 rings (SSSR count). The molecule has 0 bridgehead atoms. The Bertz CT molecular complexity index is 1070. The molecule has 2 aromatic rings. The highest BCUT2D eigenvalue weighted by Crippen LogP contribution is 2.36. The fraction of sp³-hybridized carbons (Fsp3) is 0.630. The third-order valence-electron chi connectivity index (χ3n) is 7.64. The van der Waals surface area contributed by atoms with Crippen LogP contribution in [-0.2, 0) is 9.59 Å². The fourth-order valence-electron chi connectivity index (χ4n) is 5.47. The molecule has 39 heavy (non-hydrogen) atoms. The van der Waals surface area contributed by atoms with Crippen molar-refractivity contribution >= 4 is 42.3 Å². The Balaban J connectivity index is 0.00000267. The normalized spacial score (nSPS) is 18.6. The monoisotopic (exact) mass is 583 g/mol. The molecule has 0 unspecified atom stereocenters. The molecule has 1 saturated carbocycles. The minimum Gasteiger partial charge on any atom is -0.339 e. The van der Waals surface area contributed by atoms with Gasteiger partial charge in [-0.3, -0.25) is 19.9 Å². The van der Waals surface area contributed by atoms with Crippen molar-refractivity contribution in [1.82, 2.24) is 30.8 Å². The predicted molar refractivity (Wildman–Crippen MR) is 157 cm³/mol. The van der Waals surface area contributed by atoms with Gasteiger partial charge in [-0.05, 0) is 49.8 Å². The molecule has 218 valence electrons. The number of hydrogen-bond acceptors (Lipinski definition) is 8. The molecule has 10 nitrogen and oxygen atoms in total. The zero-order chi connectivity index (χ0) is 26.4. The maximum atomic E-state index is 13.4. The molecule has 1 aromatic heterocycles. The van der Waals surface area contributed by atoms with Crippen LogP contribution in [0.15, 0.2) is 22.7 Å². The Labute approximate surface area is 244 Å². The van der Waals surface area contributed by atoms with Crippen LogP contribution in [0.3, 0.4) is 0 Å². The van der Waals surface area contributed by atoms with Gasteiger partial charge in [-0.15, -0.1) is 24.8 Å². The van der Waals surface area contributed by atoms with E-state index in [0.717, 1.165) is 36.4 Å². The summed E-state index contributed by atoms with van der Waals surface area (Å²) in [4.78, 5) is 32.3. The van der Waals surface area contributed by atoms with Crippen molar-refractivity contribution in [3.63, 3.8) is 0 Å². The first-order chi connectivity index (χ1) is 17.9. The molecule has 2 heterocycles. The summed E-state index contributed by atoms with van der Waals surface area (Å²) in [6, 6.07) is 5.82. The summed E-state index contributed by atoms with van der Waals surface area (Å²) in [5.74, 6) is 2.29. The van der Waals surface area contributed by atoms with Gasteiger partial charge < -0.3 is 14.7 Å². The number of benzene rings is 1. The molecule has 1 aliphatic carbocycles. The number of fused-ring (bicyclic) bond motifs is 1. The van der Waals surface area contributed by atoms with E-state index < -0.39 is 0 Å².